The number of aromatic nitrogens is 3. The molecule has 0 aliphatic carbocycles. The number of rotatable bonds is 6. The van der Waals surface area contributed by atoms with Gasteiger partial charge in [0.25, 0.3) is 0 Å². The van der Waals surface area contributed by atoms with E-state index in [-0.39, 0.29) is 0 Å². The summed E-state index contributed by atoms with van der Waals surface area (Å²) in [7, 11) is 0. The molecule has 0 unspecified atom stereocenters. The molecule has 102 valence electrons. The predicted molar refractivity (Wildman–Crippen MR) is 81.8 cm³/mol. The lowest BCUT2D eigenvalue weighted by Gasteiger charge is -2.08. The molecule has 1 aromatic heterocycles. The van der Waals surface area contributed by atoms with Crippen molar-refractivity contribution in [2.45, 2.75) is 38.4 Å². The van der Waals surface area contributed by atoms with Crippen LogP contribution in [-0.4, -0.2) is 20.5 Å². The van der Waals surface area contributed by atoms with Gasteiger partial charge < -0.3 is 4.57 Å². The second-order valence-electron chi connectivity index (χ2n) is 4.31. The fraction of sp³-hybridized carbons (Fsp3) is 0.429. The van der Waals surface area contributed by atoms with Gasteiger partial charge >= 0.3 is 0 Å². The van der Waals surface area contributed by atoms with Crippen LogP contribution in [0.25, 0.3) is 11.4 Å². The Morgan fingerprint density at radius 1 is 1.11 bits per heavy atom. The molecule has 0 aliphatic heterocycles. The van der Waals surface area contributed by atoms with Crippen LogP contribution in [0.5, 0.6) is 0 Å². The van der Waals surface area contributed by atoms with E-state index in [0.29, 0.717) is 0 Å². The summed E-state index contributed by atoms with van der Waals surface area (Å²) in [6.07, 6.45) is 2.21. The van der Waals surface area contributed by atoms with Crippen LogP contribution >= 0.6 is 23.4 Å². The molecule has 0 N–H and O–H groups in total. The molecule has 0 radical (unpaired) electrons. The molecule has 0 fully saturated rings. The average Bonchev–Trinajstić information content (AvgIpc) is 2.81. The molecule has 1 heterocycles. The van der Waals surface area contributed by atoms with Crippen molar-refractivity contribution in [3.8, 4) is 11.4 Å². The zero-order chi connectivity index (χ0) is 13.7. The van der Waals surface area contributed by atoms with Crippen LogP contribution in [0.4, 0.5) is 0 Å². The van der Waals surface area contributed by atoms with Crippen LogP contribution in [0.15, 0.2) is 29.4 Å². The van der Waals surface area contributed by atoms with E-state index in [2.05, 4.69) is 28.6 Å². The van der Waals surface area contributed by atoms with Crippen molar-refractivity contribution < 1.29 is 0 Å². The second kappa shape index (κ2) is 6.96. The van der Waals surface area contributed by atoms with Gasteiger partial charge in [0.15, 0.2) is 11.0 Å². The number of nitrogens with zero attached hydrogens (tertiary/aromatic N) is 3. The first-order valence-electron chi connectivity index (χ1n) is 6.58. The first-order valence-corrected chi connectivity index (χ1v) is 7.94. The minimum Gasteiger partial charge on any atom is -0.302 e. The predicted octanol–water partition coefficient (Wildman–Crippen LogP) is 4.51. The zero-order valence-electron chi connectivity index (χ0n) is 11.3. The molecule has 2 aromatic rings. The number of hydrogen-bond acceptors (Lipinski definition) is 3. The highest BCUT2D eigenvalue weighted by Gasteiger charge is 2.13. The first kappa shape index (κ1) is 14.4. The second-order valence-corrected chi connectivity index (χ2v) is 5.81. The van der Waals surface area contributed by atoms with Crippen LogP contribution < -0.4 is 0 Å². The van der Waals surface area contributed by atoms with Crippen molar-refractivity contribution in [3.05, 3.63) is 29.3 Å². The van der Waals surface area contributed by atoms with Gasteiger partial charge in [0.2, 0.25) is 0 Å². The Bertz CT molecular complexity index is 522. The van der Waals surface area contributed by atoms with Gasteiger partial charge in [-0.25, -0.2) is 0 Å². The molecule has 0 amide bonds. The van der Waals surface area contributed by atoms with Crippen LogP contribution in [-0.2, 0) is 6.54 Å². The summed E-state index contributed by atoms with van der Waals surface area (Å²) in [5, 5.41) is 10.4. The van der Waals surface area contributed by atoms with Gasteiger partial charge in [-0.15, -0.1) is 10.2 Å². The summed E-state index contributed by atoms with van der Waals surface area (Å²) < 4.78 is 2.20. The van der Waals surface area contributed by atoms with Gasteiger partial charge in [-0.2, -0.15) is 0 Å². The molecule has 1 aromatic carbocycles. The minimum absolute atomic E-state index is 0.742. The largest absolute Gasteiger partial charge is 0.302 e. The van der Waals surface area contributed by atoms with Crippen molar-refractivity contribution >= 4 is 23.4 Å². The Kier molecular flexibility index (Phi) is 5.28. The molecule has 0 saturated carbocycles. The van der Waals surface area contributed by atoms with Crippen molar-refractivity contribution in [3.63, 3.8) is 0 Å². The standard InChI is InChI=1S/C14H18ClN3S/c1-3-9-18-13(11-5-7-12(15)8-6-11)16-17-14(18)19-10-4-2/h5-8H,3-4,9-10H2,1-2H3. The van der Waals surface area contributed by atoms with E-state index in [9.17, 15) is 0 Å². The quantitative estimate of drug-likeness (QED) is 0.735. The summed E-state index contributed by atoms with van der Waals surface area (Å²) in [6, 6.07) is 7.76. The summed E-state index contributed by atoms with van der Waals surface area (Å²) in [5.41, 5.74) is 1.06. The maximum absolute atomic E-state index is 5.93. The van der Waals surface area contributed by atoms with Gasteiger partial charge in [0, 0.05) is 22.9 Å². The summed E-state index contributed by atoms with van der Waals surface area (Å²) in [4.78, 5) is 0. The zero-order valence-corrected chi connectivity index (χ0v) is 12.8. The van der Waals surface area contributed by atoms with E-state index in [1.54, 1.807) is 11.8 Å². The van der Waals surface area contributed by atoms with Gasteiger partial charge in [-0.3, -0.25) is 0 Å². The molecule has 0 atom stereocenters. The fourth-order valence-corrected chi connectivity index (χ4v) is 2.77. The lowest BCUT2D eigenvalue weighted by molar-refractivity contribution is 0.626. The molecule has 0 spiro atoms. The third-order valence-corrected chi connectivity index (χ3v) is 4.13. The topological polar surface area (TPSA) is 30.7 Å². The Morgan fingerprint density at radius 3 is 2.47 bits per heavy atom. The van der Waals surface area contributed by atoms with Gasteiger partial charge in [-0.05, 0) is 37.1 Å². The van der Waals surface area contributed by atoms with Gasteiger partial charge in [0.05, 0.1) is 0 Å². The van der Waals surface area contributed by atoms with E-state index in [4.69, 9.17) is 11.6 Å². The third-order valence-electron chi connectivity index (χ3n) is 2.70. The third kappa shape index (κ3) is 3.51. The number of thioether (sulfide) groups is 1. The first-order chi connectivity index (χ1) is 9.26. The summed E-state index contributed by atoms with van der Waals surface area (Å²) in [6.45, 7) is 5.28. The molecule has 5 heteroatoms. The molecule has 19 heavy (non-hydrogen) atoms. The normalized spacial score (nSPS) is 10.9. The molecule has 0 bridgehead atoms. The van der Waals surface area contributed by atoms with Crippen molar-refractivity contribution in [2.24, 2.45) is 0 Å². The Hall–Kier alpha value is -1.00. The highest BCUT2D eigenvalue weighted by atomic mass is 35.5. The van der Waals surface area contributed by atoms with Crippen molar-refractivity contribution in [2.75, 3.05) is 5.75 Å². The van der Waals surface area contributed by atoms with E-state index in [0.717, 1.165) is 46.7 Å². The highest BCUT2D eigenvalue weighted by Crippen LogP contribution is 2.25. The van der Waals surface area contributed by atoms with Crippen molar-refractivity contribution in [1.29, 1.82) is 0 Å². The van der Waals surface area contributed by atoms with Gasteiger partial charge in [0.1, 0.15) is 0 Å². The molecular weight excluding hydrogens is 278 g/mol. The minimum atomic E-state index is 0.742. The van der Waals surface area contributed by atoms with E-state index >= 15 is 0 Å². The highest BCUT2D eigenvalue weighted by molar-refractivity contribution is 7.99. The fourth-order valence-electron chi connectivity index (χ4n) is 1.83. The SMILES string of the molecule is CCCSc1nnc(-c2ccc(Cl)cc2)n1CCC. The molecular formula is C14H18ClN3S. The van der Waals surface area contributed by atoms with Crippen LogP contribution in [0.3, 0.4) is 0 Å². The summed E-state index contributed by atoms with van der Waals surface area (Å²) >= 11 is 7.70. The number of benzene rings is 1. The Morgan fingerprint density at radius 2 is 1.84 bits per heavy atom. The molecule has 3 nitrogen and oxygen atoms in total. The van der Waals surface area contributed by atoms with E-state index < -0.39 is 0 Å². The van der Waals surface area contributed by atoms with Gasteiger partial charge in [-0.1, -0.05) is 37.2 Å². The average molecular weight is 296 g/mol. The molecule has 0 aliphatic rings. The Labute approximate surface area is 123 Å². The maximum Gasteiger partial charge on any atom is 0.191 e. The summed E-state index contributed by atoms with van der Waals surface area (Å²) in [5.74, 6) is 2.00. The molecule has 0 saturated heterocycles. The molecule has 2 rings (SSSR count). The van der Waals surface area contributed by atoms with Crippen LogP contribution in [0, 0.1) is 0 Å². The Balaban J connectivity index is 2.33. The number of halogens is 1. The maximum atomic E-state index is 5.93. The van der Waals surface area contributed by atoms with Crippen LogP contribution in [0.1, 0.15) is 26.7 Å². The van der Waals surface area contributed by atoms with E-state index in [1.165, 1.54) is 0 Å². The smallest absolute Gasteiger partial charge is 0.191 e. The van der Waals surface area contributed by atoms with Crippen molar-refractivity contribution in [1.82, 2.24) is 14.8 Å². The van der Waals surface area contributed by atoms with Crippen LogP contribution in [0.2, 0.25) is 5.02 Å². The lowest BCUT2D eigenvalue weighted by Crippen LogP contribution is -2.02. The number of hydrogen-bond donors (Lipinski definition) is 0. The lowest BCUT2D eigenvalue weighted by atomic mass is 10.2. The monoisotopic (exact) mass is 295 g/mol. The van der Waals surface area contributed by atoms with E-state index in [1.807, 2.05) is 24.3 Å².